The van der Waals surface area contributed by atoms with E-state index in [9.17, 15) is 18.0 Å². The van der Waals surface area contributed by atoms with Crippen molar-refractivity contribution in [2.75, 3.05) is 10.8 Å². The fourth-order valence-electron chi connectivity index (χ4n) is 4.51. The van der Waals surface area contributed by atoms with Gasteiger partial charge in [0.25, 0.3) is 10.0 Å². The van der Waals surface area contributed by atoms with Gasteiger partial charge < -0.3 is 15.0 Å². The molecule has 8 nitrogen and oxygen atoms in total. The number of aryl methyl sites for hydroxylation is 1. The van der Waals surface area contributed by atoms with E-state index in [2.05, 4.69) is 5.32 Å². The number of ether oxygens (including phenoxy) is 1. The summed E-state index contributed by atoms with van der Waals surface area (Å²) < 4.78 is 35.1. The van der Waals surface area contributed by atoms with Gasteiger partial charge in [-0.2, -0.15) is 0 Å². The number of amides is 2. The van der Waals surface area contributed by atoms with Crippen LogP contribution in [0.2, 0.25) is 5.02 Å². The average Bonchev–Trinajstić information content (AvgIpc) is 3.04. The number of hydrogen-bond donors (Lipinski definition) is 1. The second-order valence-electron chi connectivity index (χ2n) is 10.9. The van der Waals surface area contributed by atoms with E-state index >= 15 is 0 Å². The van der Waals surface area contributed by atoms with Gasteiger partial charge in [-0.3, -0.25) is 13.9 Å². The van der Waals surface area contributed by atoms with Gasteiger partial charge in [-0.15, -0.1) is 0 Å². The lowest BCUT2D eigenvalue weighted by Crippen LogP contribution is -2.52. The summed E-state index contributed by atoms with van der Waals surface area (Å²) in [4.78, 5) is 28.8. The number of anilines is 1. The maximum atomic E-state index is 14.1. The third-order valence-corrected chi connectivity index (χ3v) is 9.47. The molecule has 0 aliphatic rings. The molecule has 0 bridgehead atoms. The zero-order valence-electron chi connectivity index (χ0n) is 25.8. The smallest absolute Gasteiger partial charge is 0.264 e. The number of halogens is 1. The molecule has 0 unspecified atom stereocenters. The highest BCUT2D eigenvalue weighted by molar-refractivity contribution is 7.92. The molecule has 236 valence electrons. The lowest BCUT2D eigenvalue weighted by Gasteiger charge is -2.32. The van der Waals surface area contributed by atoms with Crippen LogP contribution in [-0.4, -0.2) is 43.8 Å². The highest BCUT2D eigenvalue weighted by Gasteiger charge is 2.33. The first-order chi connectivity index (χ1) is 21.5. The first kappa shape index (κ1) is 33.6. The SMILES string of the molecule is CC[C@@H](C)NC(=O)[C@@H](C)N(Cc1ccc(Cl)cc1)C(=O)CN(c1ccc(Oc2ccccc2)cc1)S(=O)(=O)c1ccc(C)cc1. The molecule has 2 atom stereocenters. The molecule has 0 spiro atoms. The van der Waals surface area contributed by atoms with Gasteiger partial charge >= 0.3 is 0 Å². The first-order valence-corrected chi connectivity index (χ1v) is 16.6. The highest BCUT2D eigenvalue weighted by Crippen LogP contribution is 2.29. The fourth-order valence-corrected chi connectivity index (χ4v) is 6.05. The van der Waals surface area contributed by atoms with Crippen molar-refractivity contribution in [2.45, 2.75) is 57.6 Å². The largest absolute Gasteiger partial charge is 0.457 e. The molecule has 4 aromatic rings. The van der Waals surface area contributed by atoms with Crippen LogP contribution in [0.4, 0.5) is 5.69 Å². The molecule has 0 fully saturated rings. The summed E-state index contributed by atoms with van der Waals surface area (Å²) in [7, 11) is -4.19. The maximum absolute atomic E-state index is 14.1. The fraction of sp³-hybridized carbons (Fsp3) is 0.257. The molecule has 4 aromatic carbocycles. The Morgan fingerprint density at radius 2 is 1.44 bits per heavy atom. The van der Waals surface area contributed by atoms with Crippen LogP contribution in [0.1, 0.15) is 38.3 Å². The lowest BCUT2D eigenvalue weighted by molar-refractivity contribution is -0.139. The van der Waals surface area contributed by atoms with Crippen molar-refractivity contribution in [3.63, 3.8) is 0 Å². The number of rotatable bonds is 13. The molecule has 1 N–H and O–H groups in total. The average molecular weight is 648 g/mol. The van der Waals surface area contributed by atoms with E-state index in [4.69, 9.17) is 16.3 Å². The topological polar surface area (TPSA) is 96.0 Å². The normalized spacial score (nSPS) is 12.6. The molecule has 0 aliphatic carbocycles. The summed E-state index contributed by atoms with van der Waals surface area (Å²) in [6, 6.07) is 28.1. The third kappa shape index (κ3) is 8.86. The second kappa shape index (κ2) is 15.1. The molecule has 0 aromatic heterocycles. The van der Waals surface area contributed by atoms with Gasteiger partial charge in [-0.1, -0.05) is 66.6 Å². The predicted molar refractivity (Wildman–Crippen MR) is 178 cm³/mol. The Morgan fingerprint density at radius 1 is 0.844 bits per heavy atom. The van der Waals surface area contributed by atoms with Crippen molar-refractivity contribution in [3.05, 3.63) is 119 Å². The summed E-state index contributed by atoms with van der Waals surface area (Å²) in [5.74, 6) is 0.259. The van der Waals surface area contributed by atoms with E-state index in [-0.39, 0.29) is 29.1 Å². The van der Waals surface area contributed by atoms with E-state index in [1.54, 1.807) is 67.6 Å². The summed E-state index contributed by atoms with van der Waals surface area (Å²) in [6.45, 7) is 6.88. The molecule has 0 saturated carbocycles. The summed E-state index contributed by atoms with van der Waals surface area (Å²) in [5.41, 5.74) is 1.91. The molecule has 0 saturated heterocycles. The number of carbonyl (C=O) groups excluding carboxylic acids is 2. The number of para-hydroxylation sites is 1. The van der Waals surface area contributed by atoms with Crippen LogP contribution in [0.5, 0.6) is 11.5 Å². The van der Waals surface area contributed by atoms with Crippen molar-refractivity contribution >= 4 is 39.1 Å². The predicted octanol–water partition coefficient (Wildman–Crippen LogP) is 6.97. The van der Waals surface area contributed by atoms with Crippen molar-refractivity contribution in [1.29, 1.82) is 0 Å². The van der Waals surface area contributed by atoms with Gasteiger partial charge in [-0.05, 0) is 93.4 Å². The van der Waals surface area contributed by atoms with E-state index in [1.165, 1.54) is 17.0 Å². The molecule has 4 rings (SSSR count). The van der Waals surface area contributed by atoms with E-state index in [0.29, 0.717) is 16.5 Å². The van der Waals surface area contributed by atoms with Crippen molar-refractivity contribution < 1.29 is 22.7 Å². The lowest BCUT2D eigenvalue weighted by atomic mass is 10.1. The molecule has 10 heteroatoms. The molecular formula is C35H38ClN3O5S. The van der Waals surface area contributed by atoms with Gasteiger partial charge in [0.15, 0.2) is 0 Å². The number of nitrogens with zero attached hydrogens (tertiary/aromatic N) is 2. The van der Waals surface area contributed by atoms with Crippen LogP contribution in [0.15, 0.2) is 108 Å². The zero-order chi connectivity index (χ0) is 32.6. The Balaban J connectivity index is 1.70. The molecule has 0 aliphatic heterocycles. The second-order valence-corrected chi connectivity index (χ2v) is 13.2. The van der Waals surface area contributed by atoms with E-state index in [1.807, 2.05) is 51.1 Å². The number of benzene rings is 4. The monoisotopic (exact) mass is 647 g/mol. The number of nitrogens with one attached hydrogen (secondary N) is 1. The molecule has 45 heavy (non-hydrogen) atoms. The Morgan fingerprint density at radius 3 is 2.04 bits per heavy atom. The minimum absolute atomic E-state index is 0.0392. The maximum Gasteiger partial charge on any atom is 0.264 e. The van der Waals surface area contributed by atoms with E-state index < -0.39 is 28.5 Å². The van der Waals surface area contributed by atoms with Gasteiger partial charge in [0, 0.05) is 17.6 Å². The number of sulfonamides is 1. The minimum atomic E-state index is -4.19. The quantitative estimate of drug-likeness (QED) is 0.169. The molecule has 0 heterocycles. The van der Waals surface area contributed by atoms with Crippen LogP contribution < -0.4 is 14.4 Å². The van der Waals surface area contributed by atoms with Gasteiger partial charge in [0.2, 0.25) is 11.8 Å². The summed E-state index contributed by atoms with van der Waals surface area (Å²) in [6.07, 6.45) is 0.718. The number of carbonyl (C=O) groups is 2. The minimum Gasteiger partial charge on any atom is -0.457 e. The van der Waals surface area contributed by atoms with Crippen LogP contribution in [0.25, 0.3) is 0 Å². The Kier molecular flexibility index (Phi) is 11.3. The number of hydrogen-bond acceptors (Lipinski definition) is 5. The van der Waals surface area contributed by atoms with Gasteiger partial charge in [0.1, 0.15) is 24.1 Å². The van der Waals surface area contributed by atoms with Gasteiger partial charge in [0.05, 0.1) is 10.6 Å². The Bertz CT molecular complexity index is 1680. The third-order valence-electron chi connectivity index (χ3n) is 7.43. The first-order valence-electron chi connectivity index (χ1n) is 14.7. The molecule has 0 radical (unpaired) electrons. The van der Waals surface area contributed by atoms with Crippen LogP contribution >= 0.6 is 11.6 Å². The molecule has 2 amide bonds. The summed E-state index contributed by atoms with van der Waals surface area (Å²) >= 11 is 6.08. The summed E-state index contributed by atoms with van der Waals surface area (Å²) in [5, 5.41) is 3.47. The standard InChI is InChI=1S/C35H38ClN3O5S/c1-5-26(3)37-35(41)27(4)38(23-28-13-15-29(36)16-14-28)34(40)24-39(45(42,43)33-21-11-25(2)12-22-33)30-17-19-32(20-18-30)44-31-9-7-6-8-10-31/h6-22,26-27H,5,23-24H2,1-4H3,(H,37,41)/t26-,27-/m1/s1. The zero-order valence-corrected chi connectivity index (χ0v) is 27.4. The van der Waals surface area contributed by atoms with Crippen LogP contribution in [0, 0.1) is 6.92 Å². The molecular weight excluding hydrogens is 610 g/mol. The van der Waals surface area contributed by atoms with E-state index in [0.717, 1.165) is 21.9 Å². The Hall–Kier alpha value is -4.34. The van der Waals surface area contributed by atoms with Crippen LogP contribution in [-0.2, 0) is 26.2 Å². The van der Waals surface area contributed by atoms with Crippen LogP contribution in [0.3, 0.4) is 0 Å². The van der Waals surface area contributed by atoms with Gasteiger partial charge in [-0.25, -0.2) is 8.42 Å². The van der Waals surface area contributed by atoms with Crippen molar-refractivity contribution in [2.24, 2.45) is 0 Å². The van der Waals surface area contributed by atoms with Crippen molar-refractivity contribution in [3.8, 4) is 11.5 Å². The Labute approximate surface area is 270 Å². The highest BCUT2D eigenvalue weighted by atomic mass is 35.5. The van der Waals surface area contributed by atoms with Crippen molar-refractivity contribution in [1.82, 2.24) is 10.2 Å².